The molecule has 0 aliphatic heterocycles. The van der Waals surface area contributed by atoms with Crippen molar-refractivity contribution in [2.45, 2.75) is 24.1 Å². The van der Waals surface area contributed by atoms with Crippen LogP contribution in [0.2, 0.25) is 0 Å². The summed E-state index contributed by atoms with van der Waals surface area (Å²) in [5.74, 6) is 0.518. The summed E-state index contributed by atoms with van der Waals surface area (Å²) in [6, 6.07) is 1.77. The molecule has 0 bridgehead atoms. The zero-order valence-corrected chi connectivity index (χ0v) is 9.61. The molecule has 82 valence electrons. The van der Waals surface area contributed by atoms with E-state index in [0.717, 1.165) is 16.9 Å². The first-order valence-electron chi connectivity index (χ1n) is 4.59. The molecule has 2 rings (SSSR count). The van der Waals surface area contributed by atoms with Crippen molar-refractivity contribution < 1.29 is 9.21 Å². The molecule has 0 aromatic carbocycles. The maximum atomic E-state index is 10.5. The van der Waals surface area contributed by atoms with Crippen LogP contribution in [0.4, 0.5) is 0 Å². The highest BCUT2D eigenvalue weighted by Crippen LogP contribution is 2.27. The van der Waals surface area contributed by atoms with Crippen LogP contribution in [0.5, 0.6) is 0 Å². The molecular weight excluding hydrogens is 226 g/mol. The number of hydrogen-bond donors (Lipinski definition) is 0. The fourth-order valence-electron chi connectivity index (χ4n) is 1.16. The molecule has 2 heterocycles. The van der Waals surface area contributed by atoms with Gasteiger partial charge in [-0.1, -0.05) is 0 Å². The van der Waals surface area contributed by atoms with Gasteiger partial charge in [-0.3, -0.25) is 4.79 Å². The van der Waals surface area contributed by atoms with E-state index in [9.17, 15) is 4.79 Å². The van der Waals surface area contributed by atoms with Gasteiger partial charge in [0.15, 0.2) is 6.29 Å². The molecule has 16 heavy (non-hydrogen) atoms. The lowest BCUT2D eigenvalue weighted by molar-refractivity contribution is 0.112. The topological polar surface area (TPSA) is 68.9 Å². The van der Waals surface area contributed by atoms with Crippen LogP contribution < -0.4 is 0 Å². The number of pyridine rings is 1. The summed E-state index contributed by atoms with van der Waals surface area (Å²) in [5, 5.41) is 8.80. The average Bonchev–Trinajstić information content (AvgIpc) is 2.67. The Labute approximate surface area is 96.3 Å². The minimum atomic E-state index is 0.451. The van der Waals surface area contributed by atoms with Crippen LogP contribution in [0.1, 0.15) is 21.8 Å². The van der Waals surface area contributed by atoms with Crippen LogP contribution in [-0.4, -0.2) is 21.5 Å². The summed E-state index contributed by atoms with van der Waals surface area (Å²) in [5.41, 5.74) is 1.47. The van der Waals surface area contributed by atoms with Crippen molar-refractivity contribution in [2.24, 2.45) is 0 Å². The van der Waals surface area contributed by atoms with Gasteiger partial charge in [-0.15, -0.1) is 10.2 Å². The third-order valence-corrected chi connectivity index (χ3v) is 2.84. The number of aldehydes is 1. The maximum Gasteiger partial charge on any atom is 0.282 e. The fraction of sp³-hybridized carbons (Fsp3) is 0.200. The third-order valence-electron chi connectivity index (χ3n) is 1.88. The molecule has 0 aliphatic rings. The molecule has 0 saturated carbocycles. The molecule has 0 atom stereocenters. The molecule has 0 aliphatic carbocycles. The molecule has 0 unspecified atom stereocenters. The number of aromatic nitrogens is 3. The lowest BCUT2D eigenvalue weighted by Gasteiger charge is -2.00. The Morgan fingerprint density at radius 3 is 2.75 bits per heavy atom. The van der Waals surface area contributed by atoms with Gasteiger partial charge >= 0.3 is 0 Å². The van der Waals surface area contributed by atoms with Gasteiger partial charge in [0.2, 0.25) is 5.89 Å². The minimum Gasteiger partial charge on any atom is -0.416 e. The summed E-state index contributed by atoms with van der Waals surface area (Å²) < 4.78 is 5.23. The van der Waals surface area contributed by atoms with Crippen molar-refractivity contribution >= 4 is 18.0 Å². The SMILES string of the molecule is Cc1nnc(Sc2ncc(C=O)cc2C)o1. The Kier molecular flexibility index (Phi) is 3.00. The van der Waals surface area contributed by atoms with Crippen molar-refractivity contribution in [3.05, 3.63) is 29.3 Å². The molecular formula is C10H9N3O2S. The van der Waals surface area contributed by atoms with Gasteiger partial charge in [0.25, 0.3) is 5.22 Å². The fourth-order valence-corrected chi connectivity index (χ4v) is 1.89. The zero-order chi connectivity index (χ0) is 11.5. The van der Waals surface area contributed by atoms with E-state index >= 15 is 0 Å². The summed E-state index contributed by atoms with van der Waals surface area (Å²) in [6.45, 7) is 3.61. The molecule has 0 amide bonds. The van der Waals surface area contributed by atoms with Gasteiger partial charge in [-0.25, -0.2) is 4.98 Å². The number of hydrogen-bond acceptors (Lipinski definition) is 6. The van der Waals surface area contributed by atoms with Crippen LogP contribution in [0.3, 0.4) is 0 Å². The number of aryl methyl sites for hydroxylation is 2. The number of nitrogens with zero attached hydrogens (tertiary/aromatic N) is 3. The average molecular weight is 235 g/mol. The Balaban J connectivity index is 2.25. The molecule has 0 saturated heterocycles. The first-order valence-corrected chi connectivity index (χ1v) is 5.40. The van der Waals surface area contributed by atoms with Crippen molar-refractivity contribution in [1.82, 2.24) is 15.2 Å². The summed E-state index contributed by atoms with van der Waals surface area (Å²) in [6.07, 6.45) is 2.29. The van der Waals surface area contributed by atoms with E-state index in [-0.39, 0.29) is 0 Å². The number of rotatable bonds is 3. The van der Waals surface area contributed by atoms with E-state index in [4.69, 9.17) is 4.42 Å². The number of carbonyl (C=O) groups excluding carboxylic acids is 1. The first-order chi connectivity index (χ1) is 7.69. The minimum absolute atomic E-state index is 0.451. The monoisotopic (exact) mass is 235 g/mol. The molecule has 5 nitrogen and oxygen atoms in total. The van der Waals surface area contributed by atoms with Gasteiger partial charge in [0, 0.05) is 18.7 Å². The van der Waals surface area contributed by atoms with Gasteiger partial charge in [0.1, 0.15) is 5.03 Å². The summed E-state index contributed by atoms with van der Waals surface area (Å²) in [4.78, 5) is 14.7. The normalized spacial score (nSPS) is 10.4. The highest BCUT2D eigenvalue weighted by Gasteiger charge is 2.08. The molecule has 0 spiro atoms. The van der Waals surface area contributed by atoms with Crippen LogP contribution in [-0.2, 0) is 0 Å². The van der Waals surface area contributed by atoms with E-state index in [2.05, 4.69) is 15.2 Å². The Morgan fingerprint density at radius 1 is 1.38 bits per heavy atom. The Hall–Kier alpha value is -1.69. The highest BCUT2D eigenvalue weighted by molar-refractivity contribution is 7.99. The zero-order valence-electron chi connectivity index (χ0n) is 8.80. The quantitative estimate of drug-likeness (QED) is 0.758. The van der Waals surface area contributed by atoms with E-state index in [1.807, 2.05) is 6.92 Å². The molecule has 2 aromatic rings. The van der Waals surface area contributed by atoms with Gasteiger partial charge in [-0.2, -0.15) is 0 Å². The summed E-state index contributed by atoms with van der Waals surface area (Å²) >= 11 is 1.29. The molecule has 0 radical (unpaired) electrons. The van der Waals surface area contributed by atoms with Crippen molar-refractivity contribution in [2.75, 3.05) is 0 Å². The van der Waals surface area contributed by atoms with E-state index in [1.54, 1.807) is 13.0 Å². The summed E-state index contributed by atoms with van der Waals surface area (Å²) in [7, 11) is 0. The van der Waals surface area contributed by atoms with Crippen molar-refractivity contribution in [3.8, 4) is 0 Å². The maximum absolute atomic E-state index is 10.5. The highest BCUT2D eigenvalue weighted by atomic mass is 32.2. The third kappa shape index (κ3) is 2.27. The predicted molar refractivity (Wildman–Crippen MR) is 57.5 cm³/mol. The number of carbonyl (C=O) groups is 1. The Bertz CT molecular complexity index is 525. The lowest BCUT2D eigenvalue weighted by atomic mass is 10.2. The second kappa shape index (κ2) is 4.44. The van der Waals surface area contributed by atoms with Gasteiger partial charge < -0.3 is 4.42 Å². The van der Waals surface area contributed by atoms with Crippen LogP contribution in [0.25, 0.3) is 0 Å². The van der Waals surface area contributed by atoms with Crippen LogP contribution >= 0.6 is 11.8 Å². The van der Waals surface area contributed by atoms with Crippen molar-refractivity contribution in [3.63, 3.8) is 0 Å². The van der Waals surface area contributed by atoms with E-state index < -0.39 is 0 Å². The predicted octanol–water partition coefficient (Wildman–Crippen LogP) is 2.05. The van der Waals surface area contributed by atoms with E-state index in [0.29, 0.717) is 16.7 Å². The van der Waals surface area contributed by atoms with Crippen LogP contribution in [0.15, 0.2) is 26.9 Å². The standard InChI is InChI=1S/C10H9N3O2S/c1-6-3-8(5-14)4-11-9(6)16-10-13-12-7(2)15-10/h3-5H,1-2H3. The first kappa shape index (κ1) is 10.8. The van der Waals surface area contributed by atoms with Gasteiger partial charge in [-0.05, 0) is 30.3 Å². The van der Waals surface area contributed by atoms with Crippen LogP contribution in [0, 0.1) is 13.8 Å². The molecule has 0 N–H and O–H groups in total. The second-order valence-electron chi connectivity index (χ2n) is 3.20. The molecule has 2 aromatic heterocycles. The van der Waals surface area contributed by atoms with Gasteiger partial charge in [0.05, 0.1) is 0 Å². The Morgan fingerprint density at radius 2 is 2.19 bits per heavy atom. The second-order valence-corrected chi connectivity index (χ2v) is 4.14. The smallest absolute Gasteiger partial charge is 0.282 e. The molecule has 0 fully saturated rings. The van der Waals surface area contributed by atoms with Crippen molar-refractivity contribution in [1.29, 1.82) is 0 Å². The van der Waals surface area contributed by atoms with E-state index in [1.165, 1.54) is 18.0 Å². The molecule has 6 heteroatoms. The largest absolute Gasteiger partial charge is 0.416 e. The lowest BCUT2D eigenvalue weighted by Crippen LogP contribution is -1.89.